The summed E-state index contributed by atoms with van der Waals surface area (Å²) in [5, 5.41) is 9.81. The third kappa shape index (κ3) is 3.98. The summed E-state index contributed by atoms with van der Waals surface area (Å²) in [4.78, 5) is 16.8. The highest BCUT2D eigenvalue weighted by molar-refractivity contribution is 5.98. The zero-order valence-electron chi connectivity index (χ0n) is 20.6. The Morgan fingerprint density at radius 1 is 0.895 bits per heavy atom. The topological polar surface area (TPSA) is 97.3 Å². The maximum atomic E-state index is 6.00. The van der Waals surface area contributed by atoms with Crippen molar-refractivity contribution in [3.63, 3.8) is 0 Å². The number of nitrogens with zero attached hydrogens (tertiary/aromatic N) is 5. The van der Waals surface area contributed by atoms with Crippen molar-refractivity contribution in [3.05, 3.63) is 109 Å². The summed E-state index contributed by atoms with van der Waals surface area (Å²) in [6, 6.07) is 22.4. The monoisotopic (exact) mass is 497 g/mol. The average molecular weight is 498 g/mol. The summed E-state index contributed by atoms with van der Waals surface area (Å²) >= 11 is 0. The van der Waals surface area contributed by atoms with Crippen LogP contribution in [0.2, 0.25) is 0 Å². The van der Waals surface area contributed by atoms with Crippen LogP contribution in [-0.2, 0) is 6.61 Å². The molecular formula is C30H23N7O. The third-order valence-corrected chi connectivity index (χ3v) is 6.61. The summed E-state index contributed by atoms with van der Waals surface area (Å²) in [5.74, 6) is 0.725. The van der Waals surface area contributed by atoms with Crippen molar-refractivity contribution in [1.29, 1.82) is 0 Å². The largest absolute Gasteiger partial charge is 0.487 e. The predicted molar refractivity (Wildman–Crippen MR) is 147 cm³/mol. The molecule has 7 aromatic rings. The van der Waals surface area contributed by atoms with Gasteiger partial charge in [-0.15, -0.1) is 0 Å². The Labute approximate surface area is 218 Å². The van der Waals surface area contributed by atoms with E-state index < -0.39 is 0 Å². The molecule has 0 atom stereocenters. The van der Waals surface area contributed by atoms with E-state index in [4.69, 9.17) is 4.74 Å². The van der Waals surface area contributed by atoms with Gasteiger partial charge in [-0.05, 0) is 48.4 Å². The molecule has 0 saturated heterocycles. The number of aromatic nitrogens is 7. The number of benzene rings is 2. The summed E-state index contributed by atoms with van der Waals surface area (Å²) in [7, 11) is 0. The first-order chi connectivity index (χ1) is 18.7. The average Bonchev–Trinajstić information content (AvgIpc) is 3.70. The standard InChI is InChI=1S/C30H23N7O/c1-19-16-37(18-33-19)28-9-10-32-30-25(28)13-27(34-30)29-24-12-21(7-8-26(24)35-36-29)22-11-23(15-31-14-22)38-17-20-5-3-2-4-6-20/h2-16,18H,17H2,1H3,(H,32,34)(H,35,36). The Hall–Kier alpha value is -5.24. The summed E-state index contributed by atoms with van der Waals surface area (Å²) < 4.78 is 8.01. The van der Waals surface area contributed by atoms with E-state index in [1.807, 2.05) is 78.7 Å². The molecule has 0 amide bonds. The van der Waals surface area contributed by atoms with Gasteiger partial charge in [0.25, 0.3) is 0 Å². The van der Waals surface area contributed by atoms with Crippen molar-refractivity contribution in [3.8, 4) is 34.0 Å². The molecule has 8 heteroatoms. The zero-order chi connectivity index (χ0) is 25.5. The first kappa shape index (κ1) is 22.0. The highest BCUT2D eigenvalue weighted by atomic mass is 16.5. The number of nitrogens with one attached hydrogen (secondary N) is 2. The van der Waals surface area contributed by atoms with Gasteiger partial charge in [0.1, 0.15) is 23.7 Å². The van der Waals surface area contributed by atoms with E-state index in [-0.39, 0.29) is 0 Å². The predicted octanol–water partition coefficient (Wildman–Crippen LogP) is 6.24. The van der Waals surface area contributed by atoms with Crippen molar-refractivity contribution < 1.29 is 4.74 Å². The van der Waals surface area contributed by atoms with Crippen LogP contribution in [0, 0.1) is 6.92 Å². The smallest absolute Gasteiger partial charge is 0.139 e. The summed E-state index contributed by atoms with van der Waals surface area (Å²) in [6.45, 7) is 2.47. The van der Waals surface area contributed by atoms with Gasteiger partial charge in [0, 0.05) is 34.9 Å². The first-order valence-electron chi connectivity index (χ1n) is 12.3. The number of rotatable bonds is 6. The minimum absolute atomic E-state index is 0.492. The Kier molecular flexibility index (Phi) is 5.21. The molecule has 0 spiro atoms. The zero-order valence-corrected chi connectivity index (χ0v) is 20.6. The molecule has 7 rings (SSSR count). The lowest BCUT2D eigenvalue weighted by Gasteiger charge is -2.08. The second kappa shape index (κ2) is 9.01. The maximum absolute atomic E-state index is 6.00. The van der Waals surface area contributed by atoms with E-state index in [0.717, 1.165) is 67.1 Å². The van der Waals surface area contributed by atoms with Gasteiger partial charge in [0.05, 0.1) is 35.1 Å². The minimum Gasteiger partial charge on any atom is -0.487 e. The van der Waals surface area contributed by atoms with Gasteiger partial charge in [-0.25, -0.2) is 9.97 Å². The molecule has 2 N–H and O–H groups in total. The van der Waals surface area contributed by atoms with Crippen LogP contribution in [0.4, 0.5) is 0 Å². The molecule has 0 radical (unpaired) electrons. The second-order valence-corrected chi connectivity index (χ2v) is 9.21. The molecule has 0 saturated carbocycles. The number of ether oxygens (including phenoxy) is 1. The van der Waals surface area contributed by atoms with Crippen LogP contribution in [0.3, 0.4) is 0 Å². The van der Waals surface area contributed by atoms with Crippen LogP contribution in [0.25, 0.3) is 50.1 Å². The van der Waals surface area contributed by atoms with Crippen molar-refractivity contribution in [2.24, 2.45) is 0 Å². The normalized spacial score (nSPS) is 11.4. The number of imidazole rings is 1. The van der Waals surface area contributed by atoms with Gasteiger partial charge in [0.15, 0.2) is 0 Å². The first-order valence-corrected chi connectivity index (χ1v) is 12.3. The van der Waals surface area contributed by atoms with Gasteiger partial charge in [-0.2, -0.15) is 5.10 Å². The lowest BCUT2D eigenvalue weighted by atomic mass is 10.0. The molecule has 0 aliphatic rings. The molecule has 0 unspecified atom stereocenters. The number of hydrogen-bond acceptors (Lipinski definition) is 5. The van der Waals surface area contributed by atoms with Crippen LogP contribution in [0.5, 0.6) is 5.75 Å². The summed E-state index contributed by atoms with van der Waals surface area (Å²) in [6.07, 6.45) is 9.21. The van der Waals surface area contributed by atoms with Crippen LogP contribution in [0.1, 0.15) is 11.3 Å². The molecule has 8 nitrogen and oxygen atoms in total. The van der Waals surface area contributed by atoms with Gasteiger partial charge < -0.3 is 14.3 Å². The van der Waals surface area contributed by atoms with Gasteiger partial charge in [-0.1, -0.05) is 36.4 Å². The van der Waals surface area contributed by atoms with Gasteiger partial charge >= 0.3 is 0 Å². The second-order valence-electron chi connectivity index (χ2n) is 9.21. The van der Waals surface area contributed by atoms with E-state index >= 15 is 0 Å². The number of aromatic amines is 2. The van der Waals surface area contributed by atoms with E-state index in [2.05, 4.69) is 48.3 Å². The molecule has 2 aromatic carbocycles. The Morgan fingerprint density at radius 2 is 1.82 bits per heavy atom. The van der Waals surface area contributed by atoms with Crippen LogP contribution < -0.4 is 4.74 Å². The Morgan fingerprint density at radius 3 is 2.68 bits per heavy atom. The molecule has 0 bridgehead atoms. The number of fused-ring (bicyclic) bond motifs is 2. The van der Waals surface area contributed by atoms with Crippen molar-refractivity contribution in [2.75, 3.05) is 0 Å². The molecule has 0 aliphatic carbocycles. The number of hydrogen-bond donors (Lipinski definition) is 2. The third-order valence-electron chi connectivity index (χ3n) is 6.61. The maximum Gasteiger partial charge on any atom is 0.139 e. The van der Waals surface area contributed by atoms with Crippen LogP contribution >= 0.6 is 0 Å². The Balaban J connectivity index is 1.24. The fraction of sp³-hybridized carbons (Fsp3) is 0.0667. The summed E-state index contributed by atoms with van der Waals surface area (Å²) in [5.41, 5.74) is 8.55. The van der Waals surface area contributed by atoms with E-state index in [1.54, 1.807) is 12.4 Å². The van der Waals surface area contributed by atoms with Crippen molar-refractivity contribution >= 4 is 21.9 Å². The minimum atomic E-state index is 0.492. The molecule has 184 valence electrons. The highest BCUT2D eigenvalue weighted by Crippen LogP contribution is 2.33. The van der Waals surface area contributed by atoms with E-state index in [9.17, 15) is 0 Å². The fourth-order valence-corrected chi connectivity index (χ4v) is 4.71. The molecule has 0 fully saturated rings. The lowest BCUT2D eigenvalue weighted by Crippen LogP contribution is -1.95. The van der Waals surface area contributed by atoms with Gasteiger partial charge in [-0.3, -0.25) is 10.1 Å². The number of pyridine rings is 2. The molecule has 5 heterocycles. The van der Waals surface area contributed by atoms with Crippen molar-refractivity contribution in [2.45, 2.75) is 13.5 Å². The SMILES string of the molecule is Cc1cn(-c2ccnc3[nH]c(-c4n[nH]c5ccc(-c6cncc(OCc7ccccc7)c6)cc45)cc23)cn1. The molecular weight excluding hydrogens is 474 g/mol. The number of H-pyrrole nitrogens is 2. The fourth-order valence-electron chi connectivity index (χ4n) is 4.71. The molecule has 38 heavy (non-hydrogen) atoms. The quantitative estimate of drug-likeness (QED) is 0.283. The lowest BCUT2D eigenvalue weighted by molar-refractivity contribution is 0.305. The number of aryl methyl sites for hydroxylation is 1. The van der Waals surface area contributed by atoms with Crippen LogP contribution in [0.15, 0.2) is 97.8 Å². The van der Waals surface area contributed by atoms with Crippen LogP contribution in [-0.4, -0.2) is 34.7 Å². The highest BCUT2D eigenvalue weighted by Gasteiger charge is 2.15. The molecule has 5 aromatic heterocycles. The molecule has 0 aliphatic heterocycles. The van der Waals surface area contributed by atoms with Crippen molar-refractivity contribution in [1.82, 2.24) is 34.7 Å². The van der Waals surface area contributed by atoms with Gasteiger partial charge in [0.2, 0.25) is 0 Å². The Bertz CT molecular complexity index is 1900. The van der Waals surface area contributed by atoms with E-state index in [0.29, 0.717) is 6.61 Å². The van der Waals surface area contributed by atoms with E-state index in [1.165, 1.54) is 0 Å².